The molecular weight excluding hydrogens is 280 g/mol. The summed E-state index contributed by atoms with van der Waals surface area (Å²) in [6, 6.07) is 2.71. The van der Waals surface area contributed by atoms with Crippen LogP contribution in [0.2, 0.25) is 0 Å². The molecule has 2 N–H and O–H groups in total. The van der Waals surface area contributed by atoms with Crippen LogP contribution in [0.4, 0.5) is 8.78 Å². The van der Waals surface area contributed by atoms with Crippen molar-refractivity contribution in [2.45, 2.75) is 19.1 Å². The van der Waals surface area contributed by atoms with Crippen LogP contribution >= 0.6 is 12.4 Å². The molecule has 1 aromatic rings. The van der Waals surface area contributed by atoms with Crippen LogP contribution < -0.4 is 10.5 Å². The van der Waals surface area contributed by atoms with Gasteiger partial charge in [-0.1, -0.05) is 12.1 Å². The number of hydrogen-bond acceptors (Lipinski definition) is 4. The third-order valence-electron chi connectivity index (χ3n) is 2.40. The van der Waals surface area contributed by atoms with E-state index in [0.29, 0.717) is 0 Å². The third-order valence-corrected chi connectivity index (χ3v) is 2.40. The predicted octanol–water partition coefficient (Wildman–Crippen LogP) is 2.16. The zero-order valence-electron chi connectivity index (χ0n) is 10.6. The number of esters is 1. The number of ether oxygens (including phenoxy) is 2. The van der Waals surface area contributed by atoms with Crippen molar-refractivity contribution in [3.63, 3.8) is 0 Å². The van der Waals surface area contributed by atoms with E-state index in [-0.39, 0.29) is 30.3 Å². The molecule has 0 aliphatic carbocycles. The van der Waals surface area contributed by atoms with Crippen LogP contribution in [0, 0.1) is 5.82 Å². The van der Waals surface area contributed by atoms with Gasteiger partial charge in [0.2, 0.25) is 6.17 Å². The Kier molecular flexibility index (Phi) is 7.33. The molecule has 19 heavy (non-hydrogen) atoms. The number of nitrogens with two attached hydrogens (primary N) is 1. The Morgan fingerprint density at radius 2 is 2.11 bits per heavy atom. The number of benzene rings is 1. The molecule has 1 rings (SSSR count). The van der Waals surface area contributed by atoms with Crippen LogP contribution in [0.15, 0.2) is 18.2 Å². The van der Waals surface area contributed by atoms with Crippen molar-refractivity contribution >= 4 is 18.4 Å². The van der Waals surface area contributed by atoms with E-state index in [4.69, 9.17) is 10.5 Å². The summed E-state index contributed by atoms with van der Waals surface area (Å²) in [6.45, 7) is 1.58. The maximum Gasteiger partial charge on any atom is 0.342 e. The first kappa shape index (κ1) is 17.6. The lowest BCUT2D eigenvalue weighted by molar-refractivity contribution is -0.149. The molecule has 0 fully saturated rings. The molecule has 4 nitrogen and oxygen atoms in total. The van der Waals surface area contributed by atoms with Gasteiger partial charge in [0.05, 0.1) is 19.8 Å². The first-order valence-corrected chi connectivity index (χ1v) is 5.41. The van der Waals surface area contributed by atoms with Gasteiger partial charge in [0.25, 0.3) is 0 Å². The third kappa shape index (κ3) is 4.04. The van der Waals surface area contributed by atoms with E-state index in [1.807, 2.05) is 0 Å². The summed E-state index contributed by atoms with van der Waals surface area (Å²) in [5.41, 5.74) is 5.39. The van der Waals surface area contributed by atoms with Crippen molar-refractivity contribution < 1.29 is 23.0 Å². The summed E-state index contributed by atoms with van der Waals surface area (Å²) < 4.78 is 36.7. The fourth-order valence-corrected chi connectivity index (χ4v) is 1.47. The number of carbonyl (C=O) groups is 1. The predicted molar refractivity (Wildman–Crippen MR) is 68.7 cm³/mol. The SMILES string of the molecule is CCOC(=O)C(F)[C@H](N)c1cccc(OC)c1F.Cl. The van der Waals surface area contributed by atoms with Gasteiger partial charge in [-0.05, 0) is 13.0 Å². The van der Waals surface area contributed by atoms with Crippen molar-refractivity contribution in [2.75, 3.05) is 13.7 Å². The molecular formula is C12H16ClF2NO3. The topological polar surface area (TPSA) is 61.5 Å². The van der Waals surface area contributed by atoms with Gasteiger partial charge in [-0.15, -0.1) is 12.4 Å². The molecule has 0 aromatic heterocycles. The zero-order valence-corrected chi connectivity index (χ0v) is 11.4. The van der Waals surface area contributed by atoms with E-state index in [1.54, 1.807) is 6.92 Å². The van der Waals surface area contributed by atoms with E-state index in [1.165, 1.54) is 25.3 Å². The molecule has 0 saturated heterocycles. The molecule has 0 heterocycles. The molecule has 1 aromatic carbocycles. The van der Waals surface area contributed by atoms with Crippen LogP contribution in [-0.4, -0.2) is 25.9 Å². The molecule has 2 atom stereocenters. The van der Waals surface area contributed by atoms with Crippen molar-refractivity contribution in [1.29, 1.82) is 0 Å². The summed E-state index contributed by atoms with van der Waals surface area (Å²) in [4.78, 5) is 11.2. The van der Waals surface area contributed by atoms with Crippen molar-refractivity contribution in [3.05, 3.63) is 29.6 Å². The van der Waals surface area contributed by atoms with Crippen molar-refractivity contribution in [1.82, 2.24) is 0 Å². The minimum Gasteiger partial charge on any atom is -0.494 e. The van der Waals surface area contributed by atoms with Gasteiger partial charge in [0.1, 0.15) is 0 Å². The number of halogens is 3. The molecule has 0 aliphatic rings. The standard InChI is InChI=1S/C12H15F2NO3.ClH/c1-3-18-12(16)10(14)11(15)7-5-4-6-8(17-2)9(7)13;/h4-6,10-11H,3,15H2,1-2H3;1H/t10?,11-;/m1./s1. The van der Waals surface area contributed by atoms with Gasteiger partial charge < -0.3 is 15.2 Å². The lowest BCUT2D eigenvalue weighted by atomic mass is 10.0. The second-order valence-corrected chi connectivity index (χ2v) is 3.54. The lowest BCUT2D eigenvalue weighted by Crippen LogP contribution is -2.32. The largest absolute Gasteiger partial charge is 0.494 e. The number of carbonyl (C=O) groups excluding carboxylic acids is 1. The smallest absolute Gasteiger partial charge is 0.342 e. The molecule has 7 heteroatoms. The van der Waals surface area contributed by atoms with Crippen LogP contribution in [0.25, 0.3) is 0 Å². The number of methoxy groups -OCH3 is 1. The van der Waals surface area contributed by atoms with Crippen molar-refractivity contribution in [2.24, 2.45) is 5.73 Å². The van der Waals surface area contributed by atoms with Gasteiger partial charge in [-0.25, -0.2) is 13.6 Å². The highest BCUT2D eigenvalue weighted by Crippen LogP contribution is 2.26. The van der Waals surface area contributed by atoms with Gasteiger partial charge in [-0.3, -0.25) is 0 Å². The van der Waals surface area contributed by atoms with Crippen LogP contribution in [-0.2, 0) is 9.53 Å². The number of rotatable bonds is 5. The fraction of sp³-hybridized carbons (Fsp3) is 0.417. The Morgan fingerprint density at radius 3 is 2.63 bits per heavy atom. The quantitative estimate of drug-likeness (QED) is 0.846. The Bertz CT molecular complexity index is 431. The molecule has 0 aliphatic heterocycles. The number of hydrogen-bond donors (Lipinski definition) is 1. The summed E-state index contributed by atoms with van der Waals surface area (Å²) >= 11 is 0. The minimum absolute atomic E-state index is 0. The maximum absolute atomic E-state index is 13.8. The van der Waals surface area contributed by atoms with Gasteiger partial charge >= 0.3 is 5.97 Å². The zero-order chi connectivity index (χ0) is 13.7. The summed E-state index contributed by atoms with van der Waals surface area (Å²) in [6.07, 6.45) is -2.12. The van der Waals surface area contributed by atoms with Crippen LogP contribution in [0.1, 0.15) is 18.5 Å². The highest BCUT2D eigenvalue weighted by atomic mass is 35.5. The minimum atomic E-state index is -2.12. The molecule has 0 saturated carbocycles. The van der Waals surface area contributed by atoms with Gasteiger partial charge in [-0.2, -0.15) is 0 Å². The van der Waals surface area contributed by atoms with Crippen LogP contribution in [0.5, 0.6) is 5.75 Å². The monoisotopic (exact) mass is 295 g/mol. The van der Waals surface area contributed by atoms with E-state index >= 15 is 0 Å². The Balaban J connectivity index is 0.00000324. The van der Waals surface area contributed by atoms with E-state index in [0.717, 1.165) is 0 Å². The average molecular weight is 296 g/mol. The highest BCUT2D eigenvalue weighted by molar-refractivity contribution is 5.85. The van der Waals surface area contributed by atoms with Gasteiger partial charge in [0, 0.05) is 5.56 Å². The normalized spacial score (nSPS) is 13.1. The first-order chi connectivity index (χ1) is 8.52. The van der Waals surface area contributed by atoms with Gasteiger partial charge in [0.15, 0.2) is 11.6 Å². The first-order valence-electron chi connectivity index (χ1n) is 5.41. The van der Waals surface area contributed by atoms with E-state index in [2.05, 4.69) is 4.74 Å². The fourth-order valence-electron chi connectivity index (χ4n) is 1.47. The van der Waals surface area contributed by atoms with E-state index in [9.17, 15) is 13.6 Å². The average Bonchev–Trinajstić information content (AvgIpc) is 2.37. The van der Waals surface area contributed by atoms with E-state index < -0.39 is 24.0 Å². The molecule has 0 spiro atoms. The van der Waals surface area contributed by atoms with Crippen LogP contribution in [0.3, 0.4) is 0 Å². The molecule has 1 unspecified atom stereocenters. The Morgan fingerprint density at radius 1 is 1.47 bits per heavy atom. The molecule has 0 bridgehead atoms. The Labute approximate surface area is 116 Å². The molecule has 0 amide bonds. The maximum atomic E-state index is 13.8. The highest BCUT2D eigenvalue weighted by Gasteiger charge is 2.30. The molecule has 0 radical (unpaired) electrons. The van der Waals surface area contributed by atoms with Crippen molar-refractivity contribution in [3.8, 4) is 5.75 Å². The second-order valence-electron chi connectivity index (χ2n) is 3.54. The lowest BCUT2D eigenvalue weighted by Gasteiger charge is -2.17. The summed E-state index contributed by atoms with van der Waals surface area (Å²) in [5.74, 6) is -1.94. The second kappa shape index (κ2) is 7.91. The molecule has 108 valence electrons. The summed E-state index contributed by atoms with van der Waals surface area (Å²) in [7, 11) is 1.28. The Hall–Kier alpha value is -1.40. The summed E-state index contributed by atoms with van der Waals surface area (Å²) in [5, 5.41) is 0. The number of alkyl halides is 1.